The van der Waals surface area contributed by atoms with E-state index in [1.54, 1.807) is 19.2 Å². The van der Waals surface area contributed by atoms with Crippen LogP contribution in [0, 0.1) is 0 Å². The van der Waals surface area contributed by atoms with Crippen LogP contribution in [0.2, 0.25) is 0 Å². The second kappa shape index (κ2) is 5.02. The summed E-state index contributed by atoms with van der Waals surface area (Å²) < 4.78 is 0. The van der Waals surface area contributed by atoms with Gasteiger partial charge in [0, 0.05) is 11.9 Å². The van der Waals surface area contributed by atoms with Crippen molar-refractivity contribution in [2.24, 2.45) is 0 Å². The minimum absolute atomic E-state index is 0.0636. The minimum atomic E-state index is -0.788. The van der Waals surface area contributed by atoms with Gasteiger partial charge in [-0.05, 0) is 11.6 Å². The predicted molar refractivity (Wildman–Crippen MR) is 57.3 cm³/mol. The fourth-order valence-electron chi connectivity index (χ4n) is 1.16. The van der Waals surface area contributed by atoms with Gasteiger partial charge in [0.2, 0.25) is 5.91 Å². The molecule has 1 atom stereocenters. The zero-order chi connectivity index (χ0) is 10.6. The monoisotopic (exact) mass is 211 g/mol. The summed E-state index contributed by atoms with van der Waals surface area (Å²) in [7, 11) is 1.54. The molecule has 0 fully saturated rings. The smallest absolute Gasteiger partial charge is 0.222 e. The number of carbonyl (C=O) groups is 1. The first-order chi connectivity index (χ1) is 6.65. The third-order valence-corrected chi connectivity index (χ3v) is 2.36. The Morgan fingerprint density at radius 1 is 1.57 bits per heavy atom. The maximum absolute atomic E-state index is 11.0. The first-order valence-corrected chi connectivity index (χ1v) is 4.76. The van der Waals surface area contributed by atoms with Gasteiger partial charge in [-0.1, -0.05) is 18.2 Å². The topological polar surface area (TPSA) is 49.3 Å². The Hall–Kier alpha value is -1.00. The maximum Gasteiger partial charge on any atom is 0.222 e. The molecule has 76 valence electrons. The molecule has 2 N–H and O–H groups in total. The average molecular weight is 211 g/mol. The number of nitrogens with one attached hydrogen (secondary N) is 1. The van der Waals surface area contributed by atoms with Crippen molar-refractivity contribution < 1.29 is 9.90 Å². The molecule has 1 rings (SSSR count). The number of amides is 1. The van der Waals surface area contributed by atoms with E-state index in [0.29, 0.717) is 10.5 Å². The molecule has 0 aromatic heterocycles. The molecule has 0 aliphatic carbocycles. The molecular weight excluding hydrogens is 198 g/mol. The highest BCUT2D eigenvalue weighted by atomic mass is 32.1. The molecule has 0 radical (unpaired) electrons. The van der Waals surface area contributed by atoms with Crippen LogP contribution in [0.4, 0.5) is 0 Å². The number of carbonyl (C=O) groups excluding carboxylic acids is 1. The number of aliphatic hydroxyl groups is 1. The highest BCUT2D eigenvalue weighted by molar-refractivity contribution is 7.80. The zero-order valence-corrected chi connectivity index (χ0v) is 8.79. The number of thiol groups is 1. The summed E-state index contributed by atoms with van der Waals surface area (Å²) in [6, 6.07) is 7.18. The summed E-state index contributed by atoms with van der Waals surface area (Å²) in [5, 5.41) is 12.2. The van der Waals surface area contributed by atoms with E-state index >= 15 is 0 Å². The van der Waals surface area contributed by atoms with E-state index in [4.69, 9.17) is 0 Å². The van der Waals surface area contributed by atoms with E-state index in [-0.39, 0.29) is 12.3 Å². The molecule has 0 heterocycles. The normalized spacial score (nSPS) is 12.2. The fourth-order valence-corrected chi connectivity index (χ4v) is 1.47. The van der Waals surface area contributed by atoms with E-state index in [1.165, 1.54) is 0 Å². The molecule has 1 aromatic rings. The van der Waals surface area contributed by atoms with Crippen LogP contribution in [-0.2, 0) is 4.79 Å². The van der Waals surface area contributed by atoms with Gasteiger partial charge >= 0.3 is 0 Å². The molecule has 3 nitrogen and oxygen atoms in total. The van der Waals surface area contributed by atoms with Gasteiger partial charge in [-0.2, -0.15) is 0 Å². The summed E-state index contributed by atoms with van der Waals surface area (Å²) >= 11 is 4.20. The van der Waals surface area contributed by atoms with Crippen molar-refractivity contribution in [3.8, 4) is 0 Å². The molecule has 0 spiro atoms. The quantitative estimate of drug-likeness (QED) is 0.657. The number of aliphatic hydroxyl groups excluding tert-OH is 1. The third-order valence-electron chi connectivity index (χ3n) is 1.95. The molecule has 4 heteroatoms. The summed E-state index contributed by atoms with van der Waals surface area (Å²) in [5.74, 6) is -0.186. The Labute approximate surface area is 88.6 Å². The van der Waals surface area contributed by atoms with Crippen LogP contribution in [0.1, 0.15) is 18.1 Å². The van der Waals surface area contributed by atoms with Crippen LogP contribution in [0.3, 0.4) is 0 Å². The van der Waals surface area contributed by atoms with Gasteiger partial charge in [-0.15, -0.1) is 12.6 Å². The standard InChI is InChI=1S/C10H13NO2S/c1-11-10(13)6-8(12)7-4-2-3-5-9(7)14/h2-5,8,12,14H,6H2,1H3,(H,11,13)/t8-/m1/s1. The molecule has 0 saturated carbocycles. The highest BCUT2D eigenvalue weighted by Crippen LogP contribution is 2.23. The molecule has 1 aromatic carbocycles. The molecular formula is C10H13NO2S. The van der Waals surface area contributed by atoms with Gasteiger partial charge in [0.15, 0.2) is 0 Å². The Balaban J connectivity index is 2.74. The van der Waals surface area contributed by atoms with Crippen LogP contribution < -0.4 is 5.32 Å². The summed E-state index contributed by atoms with van der Waals surface area (Å²) in [6.07, 6.45) is -0.725. The van der Waals surface area contributed by atoms with Crippen LogP contribution in [0.15, 0.2) is 29.2 Å². The highest BCUT2D eigenvalue weighted by Gasteiger charge is 2.13. The number of hydrogen-bond acceptors (Lipinski definition) is 3. The summed E-state index contributed by atoms with van der Waals surface area (Å²) in [6.45, 7) is 0. The van der Waals surface area contributed by atoms with E-state index in [2.05, 4.69) is 17.9 Å². The lowest BCUT2D eigenvalue weighted by molar-refractivity contribution is -0.122. The van der Waals surface area contributed by atoms with E-state index in [1.807, 2.05) is 12.1 Å². The van der Waals surface area contributed by atoms with Gasteiger partial charge in [-0.3, -0.25) is 4.79 Å². The van der Waals surface area contributed by atoms with Crippen molar-refractivity contribution in [2.75, 3.05) is 7.05 Å². The largest absolute Gasteiger partial charge is 0.388 e. The van der Waals surface area contributed by atoms with E-state index < -0.39 is 6.10 Å². The van der Waals surface area contributed by atoms with Crippen molar-refractivity contribution in [2.45, 2.75) is 17.4 Å². The predicted octanol–water partition coefficient (Wildman–Crippen LogP) is 1.14. The van der Waals surface area contributed by atoms with Crippen molar-refractivity contribution in [1.29, 1.82) is 0 Å². The first-order valence-electron chi connectivity index (χ1n) is 4.31. The SMILES string of the molecule is CNC(=O)C[C@@H](O)c1ccccc1S. The zero-order valence-electron chi connectivity index (χ0n) is 7.90. The van der Waals surface area contributed by atoms with E-state index in [0.717, 1.165) is 0 Å². The van der Waals surface area contributed by atoms with Crippen molar-refractivity contribution >= 4 is 18.5 Å². The second-order valence-electron chi connectivity index (χ2n) is 2.95. The first kappa shape index (κ1) is 11.1. The Morgan fingerprint density at radius 3 is 2.79 bits per heavy atom. The molecule has 0 aliphatic rings. The van der Waals surface area contributed by atoms with Crippen LogP contribution >= 0.6 is 12.6 Å². The lowest BCUT2D eigenvalue weighted by Gasteiger charge is -2.11. The molecule has 0 saturated heterocycles. The Bertz CT molecular complexity index is 328. The molecule has 0 aliphatic heterocycles. The lowest BCUT2D eigenvalue weighted by Crippen LogP contribution is -2.20. The van der Waals surface area contributed by atoms with Crippen LogP contribution in [-0.4, -0.2) is 18.1 Å². The van der Waals surface area contributed by atoms with Gasteiger partial charge in [-0.25, -0.2) is 0 Å². The number of rotatable bonds is 3. The van der Waals surface area contributed by atoms with Crippen LogP contribution in [0.5, 0.6) is 0 Å². The number of benzene rings is 1. The molecule has 0 bridgehead atoms. The van der Waals surface area contributed by atoms with Crippen molar-refractivity contribution in [3.05, 3.63) is 29.8 Å². The minimum Gasteiger partial charge on any atom is -0.388 e. The Kier molecular flexibility index (Phi) is 3.98. The molecule has 0 unspecified atom stereocenters. The average Bonchev–Trinajstić information content (AvgIpc) is 2.18. The fraction of sp³-hybridized carbons (Fsp3) is 0.300. The lowest BCUT2D eigenvalue weighted by atomic mass is 10.1. The number of hydrogen-bond donors (Lipinski definition) is 3. The molecule has 1 amide bonds. The van der Waals surface area contributed by atoms with Crippen molar-refractivity contribution in [1.82, 2.24) is 5.32 Å². The van der Waals surface area contributed by atoms with Crippen LogP contribution in [0.25, 0.3) is 0 Å². The van der Waals surface area contributed by atoms with E-state index in [9.17, 15) is 9.90 Å². The maximum atomic E-state index is 11.0. The molecule has 14 heavy (non-hydrogen) atoms. The third kappa shape index (κ3) is 2.75. The van der Waals surface area contributed by atoms with Gasteiger partial charge in [0.05, 0.1) is 12.5 Å². The Morgan fingerprint density at radius 2 is 2.21 bits per heavy atom. The van der Waals surface area contributed by atoms with Crippen molar-refractivity contribution in [3.63, 3.8) is 0 Å². The van der Waals surface area contributed by atoms with Gasteiger partial charge in [0.1, 0.15) is 0 Å². The summed E-state index contributed by atoms with van der Waals surface area (Å²) in [5.41, 5.74) is 0.680. The second-order valence-corrected chi connectivity index (χ2v) is 3.43. The summed E-state index contributed by atoms with van der Waals surface area (Å²) in [4.78, 5) is 11.7. The van der Waals surface area contributed by atoms with Gasteiger partial charge < -0.3 is 10.4 Å². The van der Waals surface area contributed by atoms with Gasteiger partial charge in [0.25, 0.3) is 0 Å².